The van der Waals surface area contributed by atoms with Crippen LogP contribution in [-0.2, 0) is 9.53 Å². The van der Waals surface area contributed by atoms with Gasteiger partial charge in [-0.25, -0.2) is 4.79 Å². The summed E-state index contributed by atoms with van der Waals surface area (Å²) < 4.78 is 4.80. The second kappa shape index (κ2) is 5.29. The van der Waals surface area contributed by atoms with E-state index in [1.54, 1.807) is 0 Å². The lowest BCUT2D eigenvalue weighted by Crippen LogP contribution is -2.25. The molecule has 1 aromatic heterocycles. The summed E-state index contributed by atoms with van der Waals surface area (Å²) >= 11 is 0. The fourth-order valence-electron chi connectivity index (χ4n) is 2.91. The number of ether oxygens (including phenoxy) is 1. The number of methoxy groups -OCH3 is 1. The van der Waals surface area contributed by atoms with E-state index in [-0.39, 0.29) is 18.2 Å². The Morgan fingerprint density at radius 2 is 2.14 bits per heavy atom. The first-order valence-corrected chi connectivity index (χ1v) is 7.05. The van der Waals surface area contributed by atoms with Crippen molar-refractivity contribution in [3.63, 3.8) is 0 Å². The third-order valence-corrected chi connectivity index (χ3v) is 4.00. The van der Waals surface area contributed by atoms with E-state index in [2.05, 4.69) is 21.6 Å². The zero-order valence-electron chi connectivity index (χ0n) is 12.7. The Balaban J connectivity index is 2.18. The molecular weight excluding hydrogens is 282 g/mol. The number of esters is 1. The van der Waals surface area contributed by atoms with Crippen molar-refractivity contribution in [1.29, 1.82) is 0 Å². The average Bonchev–Trinajstić information content (AvgIpc) is 2.91. The highest BCUT2D eigenvalue weighted by Crippen LogP contribution is 2.39. The predicted octanol–water partition coefficient (Wildman–Crippen LogP) is 2.29. The van der Waals surface area contributed by atoms with Gasteiger partial charge in [-0.1, -0.05) is 23.8 Å². The maximum atomic E-state index is 12.0. The van der Waals surface area contributed by atoms with Crippen LogP contribution in [-0.4, -0.2) is 29.2 Å². The number of carbonyl (C=O) groups is 2. The minimum absolute atomic E-state index is 0.110. The van der Waals surface area contributed by atoms with Gasteiger partial charge in [0.2, 0.25) is 5.91 Å². The van der Waals surface area contributed by atoms with Crippen molar-refractivity contribution < 1.29 is 14.3 Å². The van der Waals surface area contributed by atoms with E-state index in [4.69, 9.17) is 4.74 Å². The molecule has 1 aliphatic heterocycles. The van der Waals surface area contributed by atoms with Crippen molar-refractivity contribution in [3.8, 4) is 0 Å². The lowest BCUT2D eigenvalue weighted by atomic mass is 9.83. The van der Waals surface area contributed by atoms with Gasteiger partial charge in [0.25, 0.3) is 0 Å². The molecule has 0 saturated heterocycles. The molecule has 0 spiro atoms. The largest absolute Gasteiger partial charge is 0.464 e. The monoisotopic (exact) mass is 299 g/mol. The van der Waals surface area contributed by atoms with Gasteiger partial charge < -0.3 is 10.1 Å². The fraction of sp³-hybridized carbons (Fsp3) is 0.312. The Bertz CT molecular complexity index is 764. The summed E-state index contributed by atoms with van der Waals surface area (Å²) in [5.41, 5.74) is 4.20. The second-order valence-corrected chi connectivity index (χ2v) is 5.52. The van der Waals surface area contributed by atoms with E-state index in [1.165, 1.54) is 7.11 Å². The standard InChI is InChI=1S/C16H17N3O3/c1-8-4-5-9(2)10(6-8)11-7-12(20)17-15-13(11)14(18-19-15)16(21)22-3/h4-6,11H,7H2,1-3H3,(H2,17,18,19,20). The van der Waals surface area contributed by atoms with Crippen molar-refractivity contribution in [3.05, 3.63) is 46.1 Å². The lowest BCUT2D eigenvalue weighted by molar-refractivity contribution is -0.116. The molecule has 114 valence electrons. The SMILES string of the molecule is COC(=O)c1[nH]nc2c1C(c1cc(C)ccc1C)CC(=O)N2. The van der Waals surface area contributed by atoms with Gasteiger partial charge in [0.1, 0.15) is 5.69 Å². The number of hydrogen-bond donors (Lipinski definition) is 2. The van der Waals surface area contributed by atoms with Gasteiger partial charge in [-0.2, -0.15) is 5.10 Å². The average molecular weight is 299 g/mol. The molecule has 2 heterocycles. The number of aryl methyl sites for hydroxylation is 2. The molecule has 1 aromatic carbocycles. The van der Waals surface area contributed by atoms with Crippen molar-refractivity contribution in [2.45, 2.75) is 26.2 Å². The maximum Gasteiger partial charge on any atom is 0.356 e. The molecule has 0 radical (unpaired) electrons. The number of H-pyrrole nitrogens is 1. The van der Waals surface area contributed by atoms with Crippen molar-refractivity contribution in [2.24, 2.45) is 0 Å². The fourth-order valence-corrected chi connectivity index (χ4v) is 2.91. The number of hydrogen-bond acceptors (Lipinski definition) is 4. The molecule has 1 aliphatic rings. The maximum absolute atomic E-state index is 12.0. The van der Waals surface area contributed by atoms with E-state index in [1.807, 2.05) is 26.0 Å². The number of benzene rings is 1. The van der Waals surface area contributed by atoms with Gasteiger partial charge >= 0.3 is 5.97 Å². The van der Waals surface area contributed by atoms with Gasteiger partial charge in [0.15, 0.2) is 5.82 Å². The van der Waals surface area contributed by atoms with Crippen LogP contribution in [0.1, 0.15) is 45.1 Å². The molecule has 1 amide bonds. The van der Waals surface area contributed by atoms with Crippen LogP contribution in [0.2, 0.25) is 0 Å². The van der Waals surface area contributed by atoms with Crippen LogP contribution < -0.4 is 5.32 Å². The van der Waals surface area contributed by atoms with Gasteiger partial charge in [-0.05, 0) is 25.0 Å². The summed E-state index contributed by atoms with van der Waals surface area (Å²) in [6.07, 6.45) is 0.279. The van der Waals surface area contributed by atoms with Crippen LogP contribution in [0.3, 0.4) is 0 Å². The minimum atomic E-state index is -0.486. The van der Waals surface area contributed by atoms with Gasteiger partial charge in [0.05, 0.1) is 7.11 Å². The minimum Gasteiger partial charge on any atom is -0.464 e. The smallest absolute Gasteiger partial charge is 0.356 e. The summed E-state index contributed by atoms with van der Waals surface area (Å²) in [5.74, 6) is -0.402. The first-order chi connectivity index (χ1) is 10.5. The van der Waals surface area contributed by atoms with E-state index >= 15 is 0 Å². The summed E-state index contributed by atoms with van der Waals surface area (Å²) in [7, 11) is 1.32. The number of fused-ring (bicyclic) bond motifs is 1. The van der Waals surface area contributed by atoms with Crippen molar-refractivity contribution in [1.82, 2.24) is 10.2 Å². The molecule has 0 aliphatic carbocycles. The van der Waals surface area contributed by atoms with E-state index in [0.29, 0.717) is 17.1 Å². The van der Waals surface area contributed by atoms with Crippen LogP contribution in [0.15, 0.2) is 18.2 Å². The molecule has 2 aromatic rings. The summed E-state index contributed by atoms with van der Waals surface area (Å²) in [4.78, 5) is 23.9. The molecule has 3 rings (SSSR count). The Hall–Kier alpha value is -2.63. The van der Waals surface area contributed by atoms with Crippen LogP contribution >= 0.6 is 0 Å². The predicted molar refractivity (Wildman–Crippen MR) is 80.9 cm³/mol. The Morgan fingerprint density at radius 3 is 2.86 bits per heavy atom. The third kappa shape index (κ3) is 2.26. The topological polar surface area (TPSA) is 84.1 Å². The zero-order valence-corrected chi connectivity index (χ0v) is 12.7. The zero-order chi connectivity index (χ0) is 15.9. The number of amides is 1. The quantitative estimate of drug-likeness (QED) is 0.833. The molecule has 1 atom stereocenters. The van der Waals surface area contributed by atoms with E-state index in [0.717, 1.165) is 16.7 Å². The van der Waals surface area contributed by atoms with Gasteiger partial charge in [-0.3, -0.25) is 9.89 Å². The molecule has 0 fully saturated rings. The molecule has 0 bridgehead atoms. The highest BCUT2D eigenvalue weighted by Gasteiger charge is 2.34. The Morgan fingerprint density at radius 1 is 1.36 bits per heavy atom. The number of carbonyl (C=O) groups excluding carboxylic acids is 2. The van der Waals surface area contributed by atoms with Gasteiger partial charge in [-0.15, -0.1) is 0 Å². The van der Waals surface area contributed by atoms with Crippen molar-refractivity contribution >= 4 is 17.7 Å². The number of rotatable bonds is 2. The molecule has 22 heavy (non-hydrogen) atoms. The first-order valence-electron chi connectivity index (χ1n) is 7.05. The lowest BCUT2D eigenvalue weighted by Gasteiger charge is -2.24. The molecule has 6 heteroatoms. The highest BCUT2D eigenvalue weighted by molar-refractivity contribution is 5.98. The Kier molecular flexibility index (Phi) is 3.44. The molecule has 0 saturated carbocycles. The number of anilines is 1. The second-order valence-electron chi connectivity index (χ2n) is 5.52. The summed E-state index contributed by atoms with van der Waals surface area (Å²) in [6.45, 7) is 4.00. The van der Waals surface area contributed by atoms with E-state index in [9.17, 15) is 9.59 Å². The van der Waals surface area contributed by atoms with Crippen LogP contribution in [0.25, 0.3) is 0 Å². The number of nitrogens with zero attached hydrogens (tertiary/aromatic N) is 1. The van der Waals surface area contributed by atoms with Crippen LogP contribution in [0, 0.1) is 13.8 Å². The summed E-state index contributed by atoms with van der Waals surface area (Å²) in [6, 6.07) is 6.10. The third-order valence-electron chi connectivity index (χ3n) is 4.00. The normalized spacial score (nSPS) is 16.9. The van der Waals surface area contributed by atoms with Gasteiger partial charge in [0, 0.05) is 17.9 Å². The van der Waals surface area contributed by atoms with Crippen LogP contribution in [0.4, 0.5) is 5.82 Å². The summed E-state index contributed by atoms with van der Waals surface area (Å²) in [5, 5.41) is 9.43. The van der Waals surface area contributed by atoms with Crippen LogP contribution in [0.5, 0.6) is 0 Å². The van der Waals surface area contributed by atoms with Crippen molar-refractivity contribution in [2.75, 3.05) is 12.4 Å². The number of aromatic nitrogens is 2. The van der Waals surface area contributed by atoms with E-state index < -0.39 is 5.97 Å². The molecule has 2 N–H and O–H groups in total. The molecule has 6 nitrogen and oxygen atoms in total. The molecular formula is C16H17N3O3. The molecule has 1 unspecified atom stereocenters. The Labute approximate surface area is 127 Å². The highest BCUT2D eigenvalue weighted by atomic mass is 16.5. The first kappa shape index (κ1) is 14.3. The number of nitrogens with one attached hydrogen (secondary N) is 2. The number of aromatic amines is 1.